The lowest BCUT2D eigenvalue weighted by molar-refractivity contribution is 0.0985. The Morgan fingerprint density at radius 1 is 1.28 bits per heavy atom. The minimum Gasteiger partial charge on any atom is -0.308 e. The van der Waals surface area contributed by atoms with Crippen molar-refractivity contribution < 1.29 is 9.18 Å². The number of carbonyl (C=O) groups is 1. The molecule has 0 unspecified atom stereocenters. The summed E-state index contributed by atoms with van der Waals surface area (Å²) in [5.41, 5.74) is 2.07. The number of para-hydroxylation sites is 1. The van der Waals surface area contributed by atoms with Gasteiger partial charge in [0.05, 0.1) is 11.8 Å². The van der Waals surface area contributed by atoms with Gasteiger partial charge in [-0.1, -0.05) is 18.2 Å². The molecule has 1 aliphatic heterocycles. The number of hydrogen-bond donors (Lipinski definition) is 0. The summed E-state index contributed by atoms with van der Waals surface area (Å²) in [7, 11) is 0. The molecule has 0 saturated carbocycles. The van der Waals surface area contributed by atoms with E-state index in [4.69, 9.17) is 0 Å². The van der Waals surface area contributed by atoms with Crippen molar-refractivity contribution in [1.29, 1.82) is 0 Å². The summed E-state index contributed by atoms with van der Waals surface area (Å²) in [6.45, 7) is 0.597. The maximum Gasteiger partial charge on any atom is 0.261 e. The number of halogens is 1. The van der Waals surface area contributed by atoms with Crippen molar-refractivity contribution in [2.75, 3.05) is 11.4 Å². The van der Waals surface area contributed by atoms with Crippen LogP contribution in [0.15, 0.2) is 42.7 Å². The molecule has 3 nitrogen and oxygen atoms in total. The van der Waals surface area contributed by atoms with E-state index in [0.717, 1.165) is 23.9 Å². The highest BCUT2D eigenvalue weighted by Crippen LogP contribution is 2.29. The molecule has 90 valence electrons. The molecule has 1 aromatic carbocycles. The molecule has 0 N–H and O–H groups in total. The highest BCUT2D eigenvalue weighted by Gasteiger charge is 2.26. The molecule has 0 bridgehead atoms. The Balaban J connectivity index is 1.99. The van der Waals surface area contributed by atoms with Crippen LogP contribution in [0, 0.1) is 5.82 Å². The average molecular weight is 242 g/mol. The molecule has 0 atom stereocenters. The Hall–Kier alpha value is -2.23. The van der Waals surface area contributed by atoms with E-state index in [0.29, 0.717) is 6.54 Å². The van der Waals surface area contributed by atoms with Gasteiger partial charge >= 0.3 is 0 Å². The Bertz CT molecular complexity index is 612. The van der Waals surface area contributed by atoms with E-state index in [9.17, 15) is 9.18 Å². The summed E-state index contributed by atoms with van der Waals surface area (Å²) in [6, 6.07) is 9.12. The quantitative estimate of drug-likeness (QED) is 0.769. The lowest BCUT2D eigenvalue weighted by Crippen LogP contribution is -2.29. The summed E-state index contributed by atoms with van der Waals surface area (Å²) in [6.07, 6.45) is 3.31. The van der Waals surface area contributed by atoms with Gasteiger partial charge in [0.2, 0.25) is 0 Å². The minimum atomic E-state index is -0.577. The fourth-order valence-electron chi connectivity index (χ4n) is 2.24. The highest BCUT2D eigenvalue weighted by atomic mass is 19.1. The zero-order valence-corrected chi connectivity index (χ0v) is 9.64. The van der Waals surface area contributed by atoms with Crippen molar-refractivity contribution in [3.63, 3.8) is 0 Å². The lowest BCUT2D eigenvalue weighted by atomic mass is 10.2. The molecule has 18 heavy (non-hydrogen) atoms. The zero-order chi connectivity index (χ0) is 12.5. The minimum absolute atomic E-state index is 0.0710. The van der Waals surface area contributed by atoms with Crippen molar-refractivity contribution in [3.05, 3.63) is 59.7 Å². The van der Waals surface area contributed by atoms with Crippen LogP contribution >= 0.6 is 0 Å². The molecule has 4 heteroatoms. The third-order valence-electron chi connectivity index (χ3n) is 3.14. The number of aromatic nitrogens is 1. The number of fused-ring (bicyclic) bond motifs is 1. The number of pyridine rings is 1. The van der Waals surface area contributed by atoms with Gasteiger partial charge in [-0.25, -0.2) is 4.39 Å². The number of hydrogen-bond acceptors (Lipinski definition) is 2. The van der Waals surface area contributed by atoms with Gasteiger partial charge in [-0.15, -0.1) is 0 Å². The summed E-state index contributed by atoms with van der Waals surface area (Å²) in [4.78, 5) is 17.6. The predicted octanol–water partition coefficient (Wildman–Crippen LogP) is 2.42. The van der Waals surface area contributed by atoms with Crippen LogP contribution in [0.2, 0.25) is 0 Å². The number of amides is 1. The van der Waals surface area contributed by atoms with Crippen LogP contribution in [-0.4, -0.2) is 17.4 Å². The first kappa shape index (κ1) is 10.9. The van der Waals surface area contributed by atoms with E-state index in [1.165, 1.54) is 12.3 Å². The molecule has 0 aliphatic carbocycles. The Kier molecular flexibility index (Phi) is 2.55. The molecule has 1 aromatic heterocycles. The Morgan fingerprint density at radius 2 is 2.11 bits per heavy atom. The van der Waals surface area contributed by atoms with E-state index in [1.54, 1.807) is 4.90 Å². The maximum absolute atomic E-state index is 13.6. The first-order valence-electron chi connectivity index (χ1n) is 5.76. The summed E-state index contributed by atoms with van der Waals surface area (Å²) in [5, 5.41) is 0. The van der Waals surface area contributed by atoms with Crippen molar-refractivity contribution in [2.24, 2.45) is 0 Å². The first-order chi connectivity index (χ1) is 8.77. The van der Waals surface area contributed by atoms with Crippen molar-refractivity contribution in [1.82, 2.24) is 4.98 Å². The van der Waals surface area contributed by atoms with Gasteiger partial charge in [0.1, 0.15) is 0 Å². The van der Waals surface area contributed by atoms with Crippen molar-refractivity contribution in [2.45, 2.75) is 6.42 Å². The molecule has 0 radical (unpaired) electrons. The van der Waals surface area contributed by atoms with Crippen LogP contribution in [0.3, 0.4) is 0 Å². The Morgan fingerprint density at radius 3 is 2.94 bits per heavy atom. The molecular formula is C14H11FN2O. The molecule has 3 rings (SSSR count). The van der Waals surface area contributed by atoms with E-state index < -0.39 is 5.82 Å². The number of carbonyl (C=O) groups excluding carboxylic acids is 1. The summed E-state index contributed by atoms with van der Waals surface area (Å²) < 4.78 is 13.6. The number of nitrogens with zero attached hydrogens (tertiary/aromatic N) is 2. The summed E-state index contributed by atoms with van der Waals surface area (Å²) in [5.74, 6) is -0.883. The number of rotatable bonds is 1. The average Bonchev–Trinajstić information content (AvgIpc) is 2.82. The highest BCUT2D eigenvalue weighted by molar-refractivity contribution is 6.07. The van der Waals surface area contributed by atoms with Gasteiger partial charge in [0.25, 0.3) is 5.91 Å². The van der Waals surface area contributed by atoms with E-state index in [-0.39, 0.29) is 11.5 Å². The molecule has 2 aromatic rings. The van der Waals surface area contributed by atoms with E-state index >= 15 is 0 Å². The second-order valence-electron chi connectivity index (χ2n) is 4.19. The topological polar surface area (TPSA) is 33.2 Å². The predicted molar refractivity (Wildman–Crippen MR) is 66.0 cm³/mol. The van der Waals surface area contributed by atoms with Gasteiger partial charge in [-0.3, -0.25) is 9.78 Å². The van der Waals surface area contributed by atoms with Gasteiger partial charge in [-0.05, 0) is 24.1 Å². The molecule has 1 amide bonds. The van der Waals surface area contributed by atoms with Crippen LogP contribution in [0.25, 0.3) is 0 Å². The van der Waals surface area contributed by atoms with Gasteiger partial charge in [0.15, 0.2) is 5.82 Å². The van der Waals surface area contributed by atoms with Crippen LogP contribution < -0.4 is 4.90 Å². The molecule has 1 aliphatic rings. The largest absolute Gasteiger partial charge is 0.308 e. The first-order valence-corrected chi connectivity index (χ1v) is 5.76. The van der Waals surface area contributed by atoms with Crippen LogP contribution in [-0.2, 0) is 6.42 Å². The van der Waals surface area contributed by atoms with Crippen LogP contribution in [0.5, 0.6) is 0 Å². The normalized spacial score (nSPS) is 13.5. The van der Waals surface area contributed by atoms with E-state index in [2.05, 4.69) is 4.98 Å². The molecule has 0 spiro atoms. The third kappa shape index (κ3) is 1.66. The SMILES string of the molecule is O=C(c1ccncc1F)N1CCc2ccccc21. The second kappa shape index (κ2) is 4.22. The van der Waals surface area contributed by atoms with E-state index in [1.807, 2.05) is 24.3 Å². The van der Waals surface area contributed by atoms with Crippen molar-refractivity contribution in [3.8, 4) is 0 Å². The van der Waals surface area contributed by atoms with Gasteiger partial charge < -0.3 is 4.90 Å². The molecular weight excluding hydrogens is 231 g/mol. The monoisotopic (exact) mass is 242 g/mol. The zero-order valence-electron chi connectivity index (χ0n) is 9.64. The van der Waals surface area contributed by atoms with Gasteiger partial charge in [0, 0.05) is 18.4 Å². The Labute approximate surface area is 104 Å². The number of benzene rings is 1. The number of anilines is 1. The van der Waals surface area contributed by atoms with Gasteiger partial charge in [-0.2, -0.15) is 0 Å². The summed E-state index contributed by atoms with van der Waals surface area (Å²) >= 11 is 0. The fourth-order valence-corrected chi connectivity index (χ4v) is 2.24. The molecule has 2 heterocycles. The fraction of sp³-hybridized carbons (Fsp3) is 0.143. The lowest BCUT2D eigenvalue weighted by Gasteiger charge is -2.17. The third-order valence-corrected chi connectivity index (χ3v) is 3.14. The maximum atomic E-state index is 13.6. The standard InChI is InChI=1S/C14H11FN2O/c15-12-9-16-7-5-11(12)14(18)17-8-6-10-3-1-2-4-13(10)17/h1-5,7,9H,6,8H2. The van der Waals surface area contributed by atoms with Crippen LogP contribution in [0.1, 0.15) is 15.9 Å². The van der Waals surface area contributed by atoms with Crippen molar-refractivity contribution >= 4 is 11.6 Å². The second-order valence-corrected chi connectivity index (χ2v) is 4.19. The van der Waals surface area contributed by atoms with Crippen LogP contribution in [0.4, 0.5) is 10.1 Å². The molecule has 0 saturated heterocycles. The smallest absolute Gasteiger partial charge is 0.261 e. The molecule has 0 fully saturated rings.